The molecule has 0 radical (unpaired) electrons. The summed E-state index contributed by atoms with van der Waals surface area (Å²) in [5, 5.41) is 9.57. The lowest BCUT2D eigenvalue weighted by Gasteiger charge is -2.20. The number of aromatic amines is 1. The summed E-state index contributed by atoms with van der Waals surface area (Å²) in [4.78, 5) is 12.1. The van der Waals surface area contributed by atoms with Crippen LogP contribution in [0.15, 0.2) is 30.5 Å². The van der Waals surface area contributed by atoms with Gasteiger partial charge in [0.2, 0.25) is 0 Å². The van der Waals surface area contributed by atoms with Crippen molar-refractivity contribution in [3.05, 3.63) is 50.9 Å². The maximum Gasteiger partial charge on any atom is 0.270 e. The van der Waals surface area contributed by atoms with Crippen molar-refractivity contribution in [3.63, 3.8) is 0 Å². The molecule has 1 aromatic carbocycles. The molecule has 1 amide bonds. The number of hydrogen-bond acceptors (Lipinski definition) is 2. The highest BCUT2D eigenvalue weighted by Gasteiger charge is 2.17. The van der Waals surface area contributed by atoms with E-state index in [9.17, 15) is 4.79 Å². The SMILES string of the molecule is C[C@@H](NC(=O)c1[nH]ncc1I)c1ccc(C(C)(C)C)cc1. The van der Waals surface area contributed by atoms with E-state index < -0.39 is 0 Å². The van der Waals surface area contributed by atoms with Gasteiger partial charge in [0.1, 0.15) is 5.69 Å². The number of aromatic nitrogens is 2. The third-order valence-electron chi connectivity index (χ3n) is 3.44. The summed E-state index contributed by atoms with van der Waals surface area (Å²) < 4.78 is 0.820. The van der Waals surface area contributed by atoms with Crippen LogP contribution >= 0.6 is 22.6 Å². The van der Waals surface area contributed by atoms with Crippen molar-refractivity contribution < 1.29 is 4.79 Å². The van der Waals surface area contributed by atoms with E-state index in [0.29, 0.717) is 5.69 Å². The van der Waals surface area contributed by atoms with E-state index in [1.54, 1.807) is 6.20 Å². The zero-order valence-corrected chi connectivity index (χ0v) is 14.9. The van der Waals surface area contributed by atoms with Crippen LogP contribution in [0.4, 0.5) is 0 Å². The number of nitrogens with zero attached hydrogens (tertiary/aromatic N) is 1. The van der Waals surface area contributed by atoms with Gasteiger partial charge < -0.3 is 5.32 Å². The van der Waals surface area contributed by atoms with Gasteiger partial charge in [-0.25, -0.2) is 0 Å². The number of benzene rings is 1. The molecule has 1 aromatic heterocycles. The number of amides is 1. The van der Waals surface area contributed by atoms with Crippen molar-refractivity contribution in [1.29, 1.82) is 0 Å². The lowest BCUT2D eigenvalue weighted by Crippen LogP contribution is -2.27. The quantitative estimate of drug-likeness (QED) is 0.775. The Kier molecular flexibility index (Phi) is 4.70. The van der Waals surface area contributed by atoms with E-state index in [2.05, 4.69) is 83.1 Å². The van der Waals surface area contributed by atoms with Gasteiger partial charge >= 0.3 is 0 Å². The first-order valence-electron chi connectivity index (χ1n) is 6.89. The summed E-state index contributed by atoms with van der Waals surface area (Å²) in [7, 11) is 0. The minimum atomic E-state index is -0.135. The molecule has 0 fully saturated rings. The number of rotatable bonds is 3. The molecule has 112 valence electrons. The minimum absolute atomic E-state index is 0.0504. The molecule has 0 aliphatic rings. The Balaban J connectivity index is 2.09. The van der Waals surface area contributed by atoms with Gasteiger partial charge in [-0.1, -0.05) is 45.0 Å². The second-order valence-corrected chi connectivity index (χ2v) is 7.32. The maximum atomic E-state index is 12.1. The number of nitrogens with one attached hydrogen (secondary N) is 2. The monoisotopic (exact) mass is 397 g/mol. The van der Waals surface area contributed by atoms with Gasteiger partial charge in [-0.2, -0.15) is 5.10 Å². The predicted octanol–water partition coefficient (Wildman–Crippen LogP) is 3.80. The molecule has 2 N–H and O–H groups in total. The highest BCUT2D eigenvalue weighted by molar-refractivity contribution is 14.1. The Morgan fingerprint density at radius 2 is 1.90 bits per heavy atom. The topological polar surface area (TPSA) is 57.8 Å². The van der Waals surface area contributed by atoms with Gasteiger partial charge in [0.15, 0.2) is 0 Å². The van der Waals surface area contributed by atoms with Crippen LogP contribution in [0.5, 0.6) is 0 Å². The van der Waals surface area contributed by atoms with E-state index in [1.165, 1.54) is 5.56 Å². The van der Waals surface area contributed by atoms with Crippen LogP contribution in [0.3, 0.4) is 0 Å². The molecule has 2 aromatic rings. The highest BCUT2D eigenvalue weighted by atomic mass is 127. The molecule has 0 aliphatic heterocycles. The van der Waals surface area contributed by atoms with Crippen LogP contribution in [0.2, 0.25) is 0 Å². The van der Waals surface area contributed by atoms with Crippen molar-refractivity contribution in [2.75, 3.05) is 0 Å². The summed E-state index contributed by atoms with van der Waals surface area (Å²) >= 11 is 2.09. The van der Waals surface area contributed by atoms with Crippen LogP contribution in [-0.2, 0) is 5.41 Å². The van der Waals surface area contributed by atoms with Crippen molar-refractivity contribution in [2.24, 2.45) is 0 Å². The van der Waals surface area contributed by atoms with E-state index in [0.717, 1.165) is 9.13 Å². The first kappa shape index (κ1) is 16.0. The third-order valence-corrected chi connectivity index (χ3v) is 4.26. The number of halogens is 1. The first-order chi connectivity index (χ1) is 9.79. The summed E-state index contributed by atoms with van der Waals surface area (Å²) in [5.41, 5.74) is 3.02. The molecule has 0 spiro atoms. The van der Waals surface area contributed by atoms with Gasteiger partial charge in [0, 0.05) is 0 Å². The van der Waals surface area contributed by atoms with Gasteiger partial charge in [0.25, 0.3) is 5.91 Å². The summed E-state index contributed by atoms with van der Waals surface area (Å²) in [6.07, 6.45) is 1.64. The molecule has 1 atom stereocenters. The van der Waals surface area contributed by atoms with Crippen LogP contribution < -0.4 is 5.32 Å². The van der Waals surface area contributed by atoms with Gasteiger partial charge in [-0.3, -0.25) is 9.89 Å². The van der Waals surface area contributed by atoms with Gasteiger partial charge in [-0.15, -0.1) is 0 Å². The molecule has 0 saturated heterocycles. The fourth-order valence-electron chi connectivity index (χ4n) is 2.05. The molecular formula is C16H20IN3O. The van der Waals surface area contributed by atoms with Crippen molar-refractivity contribution in [3.8, 4) is 0 Å². The lowest BCUT2D eigenvalue weighted by atomic mass is 9.86. The average molecular weight is 397 g/mol. The number of H-pyrrole nitrogens is 1. The Hall–Kier alpha value is -1.37. The molecule has 1 heterocycles. The van der Waals surface area contributed by atoms with E-state index in [4.69, 9.17) is 0 Å². The summed E-state index contributed by atoms with van der Waals surface area (Å²) in [6.45, 7) is 8.54. The largest absolute Gasteiger partial charge is 0.344 e. The number of hydrogen-bond donors (Lipinski definition) is 2. The van der Waals surface area contributed by atoms with Crippen molar-refractivity contribution >= 4 is 28.5 Å². The first-order valence-corrected chi connectivity index (χ1v) is 7.97. The van der Waals surface area contributed by atoms with Crippen LogP contribution in [0.1, 0.15) is 55.4 Å². The summed E-state index contributed by atoms with van der Waals surface area (Å²) in [6, 6.07) is 8.34. The fraction of sp³-hybridized carbons (Fsp3) is 0.375. The summed E-state index contributed by atoms with van der Waals surface area (Å²) in [5.74, 6) is -0.135. The molecule has 4 nitrogen and oxygen atoms in total. The Morgan fingerprint density at radius 3 is 2.38 bits per heavy atom. The molecular weight excluding hydrogens is 377 g/mol. The second-order valence-electron chi connectivity index (χ2n) is 6.16. The molecule has 0 saturated carbocycles. The minimum Gasteiger partial charge on any atom is -0.344 e. The standard InChI is InChI=1S/C16H20IN3O/c1-10(19-15(21)14-13(17)9-18-20-14)11-5-7-12(8-6-11)16(2,3)4/h5-10H,1-4H3,(H,18,20)(H,19,21)/t10-/m1/s1. The number of carbonyl (C=O) groups is 1. The Bertz CT molecular complexity index is 626. The predicted molar refractivity (Wildman–Crippen MR) is 92.3 cm³/mol. The second kappa shape index (κ2) is 6.17. The molecule has 5 heteroatoms. The van der Waals surface area contributed by atoms with E-state index >= 15 is 0 Å². The smallest absolute Gasteiger partial charge is 0.270 e. The van der Waals surface area contributed by atoms with Gasteiger partial charge in [0.05, 0.1) is 15.8 Å². The Labute approximate surface area is 138 Å². The van der Waals surface area contributed by atoms with E-state index in [1.807, 2.05) is 6.92 Å². The van der Waals surface area contributed by atoms with E-state index in [-0.39, 0.29) is 17.4 Å². The molecule has 0 bridgehead atoms. The van der Waals surface area contributed by atoms with Crippen molar-refractivity contribution in [2.45, 2.75) is 39.2 Å². The maximum absolute atomic E-state index is 12.1. The third kappa shape index (κ3) is 3.84. The average Bonchev–Trinajstić information content (AvgIpc) is 2.84. The van der Waals surface area contributed by atoms with Crippen LogP contribution in [-0.4, -0.2) is 16.1 Å². The van der Waals surface area contributed by atoms with Gasteiger partial charge in [-0.05, 0) is 46.1 Å². The lowest BCUT2D eigenvalue weighted by molar-refractivity contribution is 0.0934. The number of carbonyl (C=O) groups excluding carboxylic acids is 1. The Morgan fingerprint density at radius 1 is 1.29 bits per heavy atom. The molecule has 21 heavy (non-hydrogen) atoms. The zero-order valence-electron chi connectivity index (χ0n) is 12.7. The van der Waals surface area contributed by atoms with Crippen LogP contribution in [0, 0.1) is 3.57 Å². The normalized spacial score (nSPS) is 13.0. The molecule has 2 rings (SSSR count). The molecule has 0 aliphatic carbocycles. The zero-order chi connectivity index (χ0) is 15.6. The van der Waals surface area contributed by atoms with Crippen LogP contribution in [0.25, 0.3) is 0 Å². The highest BCUT2D eigenvalue weighted by Crippen LogP contribution is 2.24. The molecule has 0 unspecified atom stereocenters. The van der Waals surface area contributed by atoms with Crippen molar-refractivity contribution in [1.82, 2.24) is 15.5 Å². The fourth-order valence-corrected chi connectivity index (χ4v) is 2.56.